The molecule has 1 aromatic rings. The first-order chi connectivity index (χ1) is 10.5. The maximum absolute atomic E-state index is 12.9. The largest absolute Gasteiger partial charge is 0.452 e. The van der Waals surface area contributed by atoms with Crippen LogP contribution in [0.2, 0.25) is 0 Å². The molecule has 0 spiro atoms. The van der Waals surface area contributed by atoms with E-state index in [0.717, 1.165) is 31.4 Å². The molecule has 0 unspecified atom stereocenters. The van der Waals surface area contributed by atoms with Crippen LogP contribution in [0.1, 0.15) is 43.0 Å². The number of carbonyl (C=O) groups is 2. The molecule has 0 aromatic heterocycles. The lowest BCUT2D eigenvalue weighted by Gasteiger charge is -2.29. The molecule has 5 nitrogen and oxygen atoms in total. The van der Waals surface area contributed by atoms with Crippen LogP contribution in [0.5, 0.6) is 0 Å². The summed E-state index contributed by atoms with van der Waals surface area (Å²) in [5.74, 6) is -1.16. The third-order valence-corrected chi connectivity index (χ3v) is 4.03. The molecule has 1 aromatic carbocycles. The number of esters is 1. The summed E-state index contributed by atoms with van der Waals surface area (Å²) in [5.41, 5.74) is 5.60. The minimum Gasteiger partial charge on any atom is -0.452 e. The molecule has 1 aliphatic carbocycles. The molecule has 22 heavy (non-hydrogen) atoms. The molecular weight excluding hydrogens is 287 g/mol. The first-order valence-corrected chi connectivity index (χ1v) is 7.49. The van der Waals surface area contributed by atoms with Crippen LogP contribution in [0, 0.1) is 11.7 Å². The number of nitrogen functional groups attached to an aromatic ring is 1. The van der Waals surface area contributed by atoms with Crippen molar-refractivity contribution in [3.63, 3.8) is 0 Å². The molecule has 2 atom stereocenters. The molecular formula is C16H21FN2O3. The summed E-state index contributed by atoms with van der Waals surface area (Å²) < 4.78 is 17.9. The molecule has 0 radical (unpaired) electrons. The van der Waals surface area contributed by atoms with Crippen molar-refractivity contribution >= 4 is 17.6 Å². The lowest BCUT2D eigenvalue weighted by molar-refractivity contribution is -0.125. The zero-order valence-corrected chi connectivity index (χ0v) is 12.6. The smallest absolute Gasteiger partial charge is 0.340 e. The fourth-order valence-corrected chi connectivity index (χ4v) is 2.71. The predicted molar refractivity (Wildman–Crippen MR) is 80.7 cm³/mol. The van der Waals surface area contributed by atoms with E-state index in [1.807, 2.05) is 0 Å². The van der Waals surface area contributed by atoms with Gasteiger partial charge in [-0.3, -0.25) is 4.79 Å². The molecule has 1 saturated carbocycles. The second-order valence-electron chi connectivity index (χ2n) is 5.74. The fraction of sp³-hybridized carbons (Fsp3) is 0.500. The van der Waals surface area contributed by atoms with Crippen LogP contribution in [0.25, 0.3) is 0 Å². The summed E-state index contributed by atoms with van der Waals surface area (Å²) in [5, 5.41) is 2.89. The number of anilines is 1. The van der Waals surface area contributed by atoms with Gasteiger partial charge in [0.25, 0.3) is 5.91 Å². The van der Waals surface area contributed by atoms with Crippen molar-refractivity contribution in [2.45, 2.75) is 38.6 Å². The number of benzene rings is 1. The Morgan fingerprint density at radius 1 is 1.36 bits per heavy atom. The van der Waals surface area contributed by atoms with Crippen LogP contribution >= 0.6 is 0 Å². The fourth-order valence-electron chi connectivity index (χ4n) is 2.71. The summed E-state index contributed by atoms with van der Waals surface area (Å²) in [6.45, 7) is 1.74. The first kappa shape index (κ1) is 16.3. The first-order valence-electron chi connectivity index (χ1n) is 7.49. The lowest BCUT2D eigenvalue weighted by atomic mass is 9.86. The SMILES string of the molecule is C[C@@H]1CCCC[C@H]1NC(=O)COC(=O)c1ccc(F)cc1N. The van der Waals surface area contributed by atoms with Gasteiger partial charge in [0.1, 0.15) is 5.82 Å². The highest BCUT2D eigenvalue weighted by Crippen LogP contribution is 2.23. The average Bonchev–Trinajstić information content (AvgIpc) is 2.47. The van der Waals surface area contributed by atoms with E-state index in [-0.39, 0.29) is 29.8 Å². The Balaban J connectivity index is 1.84. The number of ether oxygens (including phenoxy) is 1. The molecule has 1 fully saturated rings. The van der Waals surface area contributed by atoms with Gasteiger partial charge in [0.2, 0.25) is 0 Å². The number of halogens is 1. The lowest BCUT2D eigenvalue weighted by Crippen LogP contribution is -2.42. The Morgan fingerprint density at radius 2 is 2.09 bits per heavy atom. The van der Waals surface area contributed by atoms with Gasteiger partial charge < -0.3 is 15.8 Å². The van der Waals surface area contributed by atoms with E-state index >= 15 is 0 Å². The van der Waals surface area contributed by atoms with Crippen LogP contribution < -0.4 is 11.1 Å². The number of hydrogen-bond donors (Lipinski definition) is 2. The van der Waals surface area contributed by atoms with Gasteiger partial charge >= 0.3 is 5.97 Å². The van der Waals surface area contributed by atoms with E-state index in [1.165, 1.54) is 12.5 Å². The van der Waals surface area contributed by atoms with Crippen molar-refractivity contribution in [1.82, 2.24) is 5.32 Å². The maximum atomic E-state index is 12.9. The normalized spacial score (nSPS) is 21.2. The van der Waals surface area contributed by atoms with E-state index in [4.69, 9.17) is 10.5 Å². The summed E-state index contributed by atoms with van der Waals surface area (Å²) in [4.78, 5) is 23.7. The Kier molecular flexibility index (Phi) is 5.35. The van der Waals surface area contributed by atoms with E-state index < -0.39 is 11.8 Å². The van der Waals surface area contributed by atoms with Crippen molar-refractivity contribution in [2.75, 3.05) is 12.3 Å². The van der Waals surface area contributed by atoms with Gasteiger partial charge in [0.05, 0.1) is 5.56 Å². The highest BCUT2D eigenvalue weighted by Gasteiger charge is 2.23. The number of hydrogen-bond acceptors (Lipinski definition) is 4. The molecule has 120 valence electrons. The van der Waals surface area contributed by atoms with Gasteiger partial charge in [-0.05, 0) is 37.0 Å². The number of rotatable bonds is 4. The summed E-state index contributed by atoms with van der Waals surface area (Å²) in [7, 11) is 0. The topological polar surface area (TPSA) is 81.4 Å². The van der Waals surface area contributed by atoms with Crippen LogP contribution in [-0.4, -0.2) is 24.5 Å². The Labute approximate surface area is 129 Å². The Hall–Kier alpha value is -2.11. The van der Waals surface area contributed by atoms with E-state index in [0.29, 0.717) is 5.92 Å². The number of amides is 1. The summed E-state index contributed by atoms with van der Waals surface area (Å²) >= 11 is 0. The molecule has 2 rings (SSSR count). The number of carbonyl (C=O) groups excluding carboxylic acids is 2. The molecule has 0 bridgehead atoms. The van der Waals surface area contributed by atoms with Gasteiger partial charge in [-0.15, -0.1) is 0 Å². The van der Waals surface area contributed by atoms with Gasteiger partial charge in [-0.1, -0.05) is 19.8 Å². The van der Waals surface area contributed by atoms with E-state index in [9.17, 15) is 14.0 Å². The minimum atomic E-state index is -0.732. The summed E-state index contributed by atoms with van der Waals surface area (Å²) in [6, 6.07) is 3.54. The highest BCUT2D eigenvalue weighted by atomic mass is 19.1. The van der Waals surface area contributed by atoms with Crippen molar-refractivity contribution in [3.05, 3.63) is 29.6 Å². The van der Waals surface area contributed by atoms with Crippen molar-refractivity contribution < 1.29 is 18.7 Å². The monoisotopic (exact) mass is 308 g/mol. The number of nitrogens with one attached hydrogen (secondary N) is 1. The van der Waals surface area contributed by atoms with Gasteiger partial charge in [0, 0.05) is 11.7 Å². The summed E-state index contributed by atoms with van der Waals surface area (Å²) in [6.07, 6.45) is 4.33. The molecule has 1 amide bonds. The third-order valence-electron chi connectivity index (χ3n) is 4.03. The van der Waals surface area contributed by atoms with E-state index in [1.54, 1.807) is 0 Å². The van der Waals surface area contributed by atoms with Crippen molar-refractivity contribution in [3.8, 4) is 0 Å². The highest BCUT2D eigenvalue weighted by molar-refractivity contribution is 5.96. The van der Waals surface area contributed by atoms with Crippen molar-refractivity contribution in [1.29, 1.82) is 0 Å². The second-order valence-corrected chi connectivity index (χ2v) is 5.74. The molecule has 0 heterocycles. The van der Waals surface area contributed by atoms with Crippen LogP contribution in [-0.2, 0) is 9.53 Å². The minimum absolute atomic E-state index is 0.00805. The van der Waals surface area contributed by atoms with Crippen molar-refractivity contribution in [2.24, 2.45) is 5.92 Å². The van der Waals surface area contributed by atoms with Crippen LogP contribution in [0.3, 0.4) is 0 Å². The zero-order chi connectivity index (χ0) is 16.1. The zero-order valence-electron chi connectivity index (χ0n) is 12.6. The van der Waals surface area contributed by atoms with Gasteiger partial charge in [-0.2, -0.15) is 0 Å². The molecule has 1 aliphatic rings. The predicted octanol–water partition coefficient (Wildman–Crippen LogP) is 2.26. The molecule has 6 heteroatoms. The molecule has 3 N–H and O–H groups in total. The molecule has 0 saturated heterocycles. The third kappa shape index (κ3) is 4.19. The second kappa shape index (κ2) is 7.24. The van der Waals surface area contributed by atoms with E-state index in [2.05, 4.69) is 12.2 Å². The number of nitrogens with two attached hydrogens (primary N) is 1. The molecule has 0 aliphatic heterocycles. The van der Waals surface area contributed by atoms with Crippen LogP contribution in [0.4, 0.5) is 10.1 Å². The maximum Gasteiger partial charge on any atom is 0.340 e. The Morgan fingerprint density at radius 3 is 2.77 bits per heavy atom. The quantitative estimate of drug-likeness (QED) is 0.660. The van der Waals surface area contributed by atoms with Gasteiger partial charge in [-0.25, -0.2) is 9.18 Å². The standard InChI is InChI=1S/C16H21FN2O3/c1-10-4-2-3-5-14(10)19-15(20)9-22-16(21)12-7-6-11(17)8-13(12)18/h6-8,10,14H,2-5,9,18H2,1H3,(H,19,20)/t10-,14-/m1/s1. The Bertz CT molecular complexity index is 562. The van der Waals surface area contributed by atoms with Crippen LogP contribution in [0.15, 0.2) is 18.2 Å². The van der Waals surface area contributed by atoms with Gasteiger partial charge in [0.15, 0.2) is 6.61 Å². The average molecular weight is 308 g/mol.